The molecule has 0 saturated heterocycles. The van der Waals surface area contributed by atoms with Gasteiger partial charge >= 0.3 is 0 Å². The highest BCUT2D eigenvalue weighted by Crippen LogP contribution is 2.21. The first kappa shape index (κ1) is 16.9. The van der Waals surface area contributed by atoms with Crippen LogP contribution in [0.2, 0.25) is 0 Å². The van der Waals surface area contributed by atoms with Crippen LogP contribution < -0.4 is 4.72 Å². The van der Waals surface area contributed by atoms with Gasteiger partial charge in [0.05, 0.1) is 11.4 Å². The van der Waals surface area contributed by atoms with Crippen LogP contribution in [-0.4, -0.2) is 48.1 Å². The molecule has 2 aromatic heterocycles. The van der Waals surface area contributed by atoms with Crippen LogP contribution in [0.5, 0.6) is 0 Å². The molecule has 0 radical (unpaired) electrons. The lowest BCUT2D eigenvalue weighted by atomic mass is 10.2. The summed E-state index contributed by atoms with van der Waals surface area (Å²) in [5.41, 5.74) is 1.27. The third-order valence-electron chi connectivity index (χ3n) is 3.36. The first-order chi connectivity index (χ1) is 10.6. The summed E-state index contributed by atoms with van der Waals surface area (Å²) in [6.07, 6.45) is 1.39. The quantitative estimate of drug-likeness (QED) is 0.895. The summed E-state index contributed by atoms with van der Waals surface area (Å²) in [7, 11) is 1.08. The molecule has 0 aliphatic rings. The standard InChI is InChI=1S/C14H19N5O3S/c1-9-13(10(2)19(5)16-9)23(21,22)17-12-8-11(6-7-15-12)14(20)18(3)4/h6-8H,1-5H3,(H,15,17). The second kappa shape index (κ2) is 5.99. The van der Waals surface area contributed by atoms with Crippen LogP contribution in [0.1, 0.15) is 21.7 Å². The Labute approximate surface area is 135 Å². The Morgan fingerprint density at radius 2 is 1.96 bits per heavy atom. The number of carbonyl (C=O) groups excluding carboxylic acids is 1. The number of amides is 1. The SMILES string of the molecule is Cc1nn(C)c(C)c1S(=O)(=O)Nc1cc(C(=O)N(C)C)ccn1. The van der Waals surface area contributed by atoms with E-state index in [4.69, 9.17) is 0 Å². The lowest BCUT2D eigenvalue weighted by molar-refractivity contribution is 0.0827. The molecule has 8 nitrogen and oxygen atoms in total. The van der Waals surface area contributed by atoms with Gasteiger partial charge in [-0.25, -0.2) is 13.4 Å². The van der Waals surface area contributed by atoms with Gasteiger partial charge in [0.15, 0.2) is 0 Å². The minimum Gasteiger partial charge on any atom is -0.345 e. The van der Waals surface area contributed by atoms with E-state index in [0.29, 0.717) is 17.0 Å². The van der Waals surface area contributed by atoms with Crippen molar-refractivity contribution in [1.29, 1.82) is 0 Å². The summed E-state index contributed by atoms with van der Waals surface area (Å²) in [4.78, 5) is 17.4. The van der Waals surface area contributed by atoms with Crippen LogP contribution in [0.4, 0.5) is 5.82 Å². The molecule has 0 unspecified atom stereocenters. The molecule has 1 amide bonds. The predicted octanol–water partition coefficient (Wildman–Crippen LogP) is 0.935. The molecule has 0 spiro atoms. The van der Waals surface area contributed by atoms with Crippen molar-refractivity contribution in [1.82, 2.24) is 19.7 Å². The molecule has 0 atom stereocenters. The number of aromatic nitrogens is 3. The lowest BCUT2D eigenvalue weighted by Gasteiger charge is -2.12. The second-order valence-corrected chi connectivity index (χ2v) is 6.98. The third-order valence-corrected chi connectivity index (χ3v) is 4.97. The van der Waals surface area contributed by atoms with Crippen molar-refractivity contribution in [2.24, 2.45) is 7.05 Å². The molecule has 2 aromatic rings. The summed E-state index contributed by atoms with van der Waals surface area (Å²) in [5.74, 6) is -0.151. The first-order valence-corrected chi connectivity index (χ1v) is 8.32. The van der Waals surface area contributed by atoms with Gasteiger partial charge < -0.3 is 4.90 Å². The van der Waals surface area contributed by atoms with Crippen molar-refractivity contribution >= 4 is 21.7 Å². The zero-order valence-corrected chi connectivity index (χ0v) is 14.5. The highest BCUT2D eigenvalue weighted by Gasteiger charge is 2.24. The molecule has 0 bridgehead atoms. The van der Waals surface area contributed by atoms with Gasteiger partial charge in [0.1, 0.15) is 10.7 Å². The van der Waals surface area contributed by atoms with Gasteiger partial charge in [-0.15, -0.1) is 0 Å². The molecular weight excluding hydrogens is 318 g/mol. The summed E-state index contributed by atoms with van der Waals surface area (Å²) in [5, 5.41) is 4.10. The van der Waals surface area contributed by atoms with E-state index in [-0.39, 0.29) is 16.6 Å². The number of aryl methyl sites for hydroxylation is 2. The van der Waals surface area contributed by atoms with Crippen LogP contribution >= 0.6 is 0 Å². The fourth-order valence-electron chi connectivity index (χ4n) is 2.21. The zero-order valence-electron chi connectivity index (χ0n) is 13.7. The topological polar surface area (TPSA) is 97.2 Å². The van der Waals surface area contributed by atoms with Crippen LogP contribution in [0, 0.1) is 13.8 Å². The molecule has 0 aromatic carbocycles. The fraction of sp³-hybridized carbons (Fsp3) is 0.357. The Kier molecular flexibility index (Phi) is 4.42. The smallest absolute Gasteiger partial charge is 0.266 e. The Morgan fingerprint density at radius 3 is 2.48 bits per heavy atom. The van der Waals surface area contributed by atoms with Crippen molar-refractivity contribution in [2.75, 3.05) is 18.8 Å². The second-order valence-electron chi connectivity index (χ2n) is 5.36. The average Bonchev–Trinajstić information content (AvgIpc) is 2.71. The Hall–Kier alpha value is -2.42. The fourth-order valence-corrected chi connectivity index (χ4v) is 3.65. The number of pyridine rings is 1. The van der Waals surface area contributed by atoms with Gasteiger partial charge in [-0.1, -0.05) is 0 Å². The molecule has 1 N–H and O–H groups in total. The summed E-state index contributed by atoms with van der Waals surface area (Å²) >= 11 is 0. The molecule has 9 heteroatoms. The highest BCUT2D eigenvalue weighted by molar-refractivity contribution is 7.92. The maximum absolute atomic E-state index is 12.6. The van der Waals surface area contributed by atoms with E-state index in [1.165, 1.54) is 27.9 Å². The van der Waals surface area contributed by atoms with Gasteiger partial charge in [-0.3, -0.25) is 14.2 Å². The van der Waals surface area contributed by atoms with E-state index in [9.17, 15) is 13.2 Å². The van der Waals surface area contributed by atoms with E-state index < -0.39 is 10.0 Å². The monoisotopic (exact) mass is 337 g/mol. The van der Waals surface area contributed by atoms with Crippen LogP contribution in [-0.2, 0) is 17.1 Å². The average molecular weight is 337 g/mol. The van der Waals surface area contributed by atoms with Gasteiger partial charge in [0, 0.05) is 32.9 Å². The van der Waals surface area contributed by atoms with Crippen LogP contribution in [0.15, 0.2) is 23.2 Å². The molecule has 0 aliphatic heterocycles. The Morgan fingerprint density at radius 1 is 1.30 bits per heavy atom. The zero-order chi connectivity index (χ0) is 17.4. The number of nitrogens with one attached hydrogen (secondary N) is 1. The normalized spacial score (nSPS) is 11.3. The maximum atomic E-state index is 12.6. The highest BCUT2D eigenvalue weighted by atomic mass is 32.2. The first-order valence-electron chi connectivity index (χ1n) is 6.84. The maximum Gasteiger partial charge on any atom is 0.266 e. The third kappa shape index (κ3) is 3.34. The van der Waals surface area contributed by atoms with Crippen LogP contribution in [0.3, 0.4) is 0 Å². The molecular formula is C14H19N5O3S. The number of anilines is 1. The van der Waals surface area contributed by atoms with Crippen molar-refractivity contribution in [3.05, 3.63) is 35.3 Å². The molecule has 124 valence electrons. The number of rotatable bonds is 4. The van der Waals surface area contributed by atoms with Gasteiger partial charge in [0.2, 0.25) is 0 Å². The van der Waals surface area contributed by atoms with E-state index in [1.807, 2.05) is 0 Å². The van der Waals surface area contributed by atoms with Crippen molar-refractivity contribution < 1.29 is 13.2 Å². The van der Waals surface area contributed by atoms with E-state index >= 15 is 0 Å². The van der Waals surface area contributed by atoms with E-state index in [1.54, 1.807) is 35.0 Å². The number of sulfonamides is 1. The number of hydrogen-bond donors (Lipinski definition) is 1. The predicted molar refractivity (Wildman–Crippen MR) is 85.7 cm³/mol. The van der Waals surface area contributed by atoms with Crippen molar-refractivity contribution in [3.8, 4) is 0 Å². The molecule has 0 aliphatic carbocycles. The van der Waals surface area contributed by atoms with Gasteiger partial charge in [-0.2, -0.15) is 5.10 Å². The summed E-state index contributed by atoms with van der Waals surface area (Å²) in [6.45, 7) is 3.30. The van der Waals surface area contributed by atoms with Gasteiger partial charge in [-0.05, 0) is 26.0 Å². The van der Waals surface area contributed by atoms with Crippen molar-refractivity contribution in [3.63, 3.8) is 0 Å². The number of nitrogens with zero attached hydrogens (tertiary/aromatic N) is 4. The van der Waals surface area contributed by atoms with Crippen LogP contribution in [0.25, 0.3) is 0 Å². The summed E-state index contributed by atoms with van der Waals surface area (Å²) in [6, 6.07) is 2.93. The minimum atomic E-state index is -3.84. The molecule has 2 heterocycles. The lowest BCUT2D eigenvalue weighted by Crippen LogP contribution is -2.22. The molecule has 23 heavy (non-hydrogen) atoms. The van der Waals surface area contributed by atoms with Crippen molar-refractivity contribution in [2.45, 2.75) is 18.7 Å². The molecule has 0 fully saturated rings. The summed E-state index contributed by atoms with van der Waals surface area (Å²) < 4.78 is 29.0. The van der Waals surface area contributed by atoms with Gasteiger partial charge in [0.25, 0.3) is 15.9 Å². The largest absolute Gasteiger partial charge is 0.345 e. The Balaban J connectivity index is 2.38. The number of carbonyl (C=O) groups is 1. The number of hydrogen-bond acceptors (Lipinski definition) is 5. The van der Waals surface area contributed by atoms with E-state index in [2.05, 4.69) is 14.8 Å². The van der Waals surface area contributed by atoms with E-state index in [0.717, 1.165) is 0 Å². The Bertz CT molecular complexity index is 855. The molecule has 0 saturated carbocycles. The minimum absolute atomic E-state index is 0.0837. The molecule has 2 rings (SSSR count).